The van der Waals surface area contributed by atoms with E-state index in [-0.39, 0.29) is 15.1 Å². The van der Waals surface area contributed by atoms with Gasteiger partial charge in [-0.15, -0.1) is 11.3 Å². The molecule has 1 aromatic carbocycles. The van der Waals surface area contributed by atoms with Crippen LogP contribution >= 0.6 is 11.3 Å². The Labute approximate surface area is 131 Å². The maximum Gasteiger partial charge on any atom is 0.417 e. The molecule has 0 unspecified atom stereocenters. The van der Waals surface area contributed by atoms with Gasteiger partial charge in [0.1, 0.15) is 10.6 Å². The molecule has 1 N–H and O–H groups in total. The molecule has 8 heteroatoms. The van der Waals surface area contributed by atoms with Gasteiger partial charge in [-0.1, -0.05) is 0 Å². The van der Waals surface area contributed by atoms with Crippen molar-refractivity contribution in [2.75, 3.05) is 5.32 Å². The van der Waals surface area contributed by atoms with E-state index in [0.717, 1.165) is 29.7 Å². The lowest BCUT2D eigenvalue weighted by atomic mass is 10.2. The summed E-state index contributed by atoms with van der Waals surface area (Å²) in [6.07, 6.45) is -3.46. The van der Waals surface area contributed by atoms with Crippen LogP contribution in [0.15, 0.2) is 42.6 Å². The van der Waals surface area contributed by atoms with E-state index in [0.29, 0.717) is 5.69 Å². The van der Waals surface area contributed by atoms with Crippen LogP contribution in [0.1, 0.15) is 15.2 Å². The first-order valence-corrected chi connectivity index (χ1v) is 7.19. The molecular formula is C15H8F4N2OS. The summed E-state index contributed by atoms with van der Waals surface area (Å²) in [5, 5.41) is 2.38. The first kappa shape index (κ1) is 15.4. The Morgan fingerprint density at radius 1 is 1.13 bits per heavy atom. The molecule has 0 aliphatic heterocycles. The van der Waals surface area contributed by atoms with Gasteiger partial charge in [-0.25, -0.2) is 9.37 Å². The fourth-order valence-electron chi connectivity index (χ4n) is 2.02. The molecular weight excluding hydrogens is 332 g/mol. The van der Waals surface area contributed by atoms with Crippen molar-refractivity contribution in [1.82, 2.24) is 4.98 Å². The number of amides is 1. The molecule has 0 fully saturated rings. The number of halogens is 4. The molecule has 3 aromatic rings. The quantitative estimate of drug-likeness (QED) is 0.687. The Hall–Kier alpha value is -2.48. The van der Waals surface area contributed by atoms with E-state index < -0.39 is 23.5 Å². The molecule has 0 atom stereocenters. The molecule has 2 aromatic heterocycles. The molecule has 118 valence electrons. The van der Waals surface area contributed by atoms with Crippen LogP contribution in [0, 0.1) is 5.82 Å². The zero-order chi connectivity index (χ0) is 16.6. The Morgan fingerprint density at radius 2 is 1.83 bits per heavy atom. The highest BCUT2D eigenvalue weighted by molar-refractivity contribution is 7.20. The second-order valence-electron chi connectivity index (χ2n) is 4.65. The smallest absolute Gasteiger partial charge is 0.321 e. The zero-order valence-corrected chi connectivity index (χ0v) is 12.1. The summed E-state index contributed by atoms with van der Waals surface area (Å²) in [7, 11) is 0. The molecule has 0 saturated heterocycles. The summed E-state index contributed by atoms with van der Waals surface area (Å²) in [5.41, 5.74) is -0.488. The summed E-state index contributed by atoms with van der Waals surface area (Å²) in [6, 6.07) is 7.10. The van der Waals surface area contributed by atoms with Crippen molar-refractivity contribution in [2.45, 2.75) is 6.18 Å². The number of carbonyl (C=O) groups is 1. The molecule has 0 bridgehead atoms. The van der Waals surface area contributed by atoms with Gasteiger partial charge in [-0.3, -0.25) is 4.79 Å². The second-order valence-corrected chi connectivity index (χ2v) is 5.68. The van der Waals surface area contributed by atoms with Crippen molar-refractivity contribution < 1.29 is 22.4 Å². The number of nitrogens with zero attached hydrogens (tertiary/aromatic N) is 1. The van der Waals surface area contributed by atoms with E-state index >= 15 is 0 Å². The van der Waals surface area contributed by atoms with Gasteiger partial charge in [0.05, 0.1) is 10.4 Å². The zero-order valence-electron chi connectivity index (χ0n) is 11.3. The standard InChI is InChI=1S/C15H8F4N2OS/c16-8-1-3-9(4-2-8)21-13(22)12-7-10-11(15(17,18)19)5-6-20-14(10)23-12/h1-7H,(H,21,22). The Morgan fingerprint density at radius 3 is 2.48 bits per heavy atom. The number of hydrogen-bond donors (Lipinski definition) is 1. The number of carbonyl (C=O) groups excluding carboxylic acids is 1. The number of nitrogens with one attached hydrogen (secondary N) is 1. The molecule has 1 amide bonds. The molecule has 3 nitrogen and oxygen atoms in total. The summed E-state index contributed by atoms with van der Waals surface area (Å²) in [6.45, 7) is 0. The maximum absolute atomic E-state index is 13.0. The number of pyridine rings is 1. The lowest BCUT2D eigenvalue weighted by Gasteiger charge is -2.06. The van der Waals surface area contributed by atoms with Crippen LogP contribution in [0.2, 0.25) is 0 Å². The van der Waals surface area contributed by atoms with Gasteiger partial charge < -0.3 is 5.32 Å². The minimum Gasteiger partial charge on any atom is -0.321 e. The number of benzene rings is 1. The van der Waals surface area contributed by atoms with E-state index in [1.807, 2.05) is 0 Å². The topological polar surface area (TPSA) is 42.0 Å². The van der Waals surface area contributed by atoms with Crippen molar-refractivity contribution in [1.29, 1.82) is 0 Å². The van der Waals surface area contributed by atoms with Crippen molar-refractivity contribution in [2.24, 2.45) is 0 Å². The van der Waals surface area contributed by atoms with E-state index in [2.05, 4.69) is 10.3 Å². The van der Waals surface area contributed by atoms with E-state index in [1.165, 1.54) is 24.3 Å². The predicted octanol–water partition coefficient (Wildman–Crippen LogP) is 4.71. The van der Waals surface area contributed by atoms with Crippen molar-refractivity contribution in [3.05, 3.63) is 58.9 Å². The highest BCUT2D eigenvalue weighted by Gasteiger charge is 2.33. The number of hydrogen-bond acceptors (Lipinski definition) is 3. The van der Waals surface area contributed by atoms with E-state index in [9.17, 15) is 22.4 Å². The number of rotatable bonds is 2. The fraction of sp³-hybridized carbons (Fsp3) is 0.0667. The van der Waals surface area contributed by atoms with Crippen LogP contribution in [-0.2, 0) is 6.18 Å². The summed E-state index contributed by atoms with van der Waals surface area (Å²) in [4.78, 5) is 16.2. The first-order valence-electron chi connectivity index (χ1n) is 6.37. The normalized spacial score (nSPS) is 11.7. The number of anilines is 1. The van der Waals surface area contributed by atoms with Crippen LogP contribution in [0.3, 0.4) is 0 Å². The summed E-state index contributed by atoms with van der Waals surface area (Å²) >= 11 is 0.861. The van der Waals surface area contributed by atoms with Crippen molar-refractivity contribution in [3.8, 4) is 0 Å². The van der Waals surface area contributed by atoms with Gasteiger partial charge in [-0.05, 0) is 36.4 Å². The van der Waals surface area contributed by atoms with Gasteiger partial charge in [0.25, 0.3) is 5.91 Å². The van der Waals surface area contributed by atoms with Crippen LogP contribution in [0.5, 0.6) is 0 Å². The highest BCUT2D eigenvalue weighted by Crippen LogP contribution is 2.37. The van der Waals surface area contributed by atoms with Gasteiger partial charge in [0.15, 0.2) is 0 Å². The third-order valence-corrected chi connectivity index (χ3v) is 4.11. The van der Waals surface area contributed by atoms with Gasteiger partial charge in [0.2, 0.25) is 0 Å². The fourth-order valence-corrected chi connectivity index (χ4v) is 2.95. The molecule has 0 aliphatic rings. The summed E-state index contributed by atoms with van der Waals surface area (Å²) in [5.74, 6) is -1.03. The molecule has 3 rings (SSSR count). The Balaban J connectivity index is 1.94. The van der Waals surface area contributed by atoms with Gasteiger partial charge in [0, 0.05) is 17.3 Å². The van der Waals surface area contributed by atoms with Gasteiger partial charge in [-0.2, -0.15) is 13.2 Å². The number of thiophene rings is 1. The third kappa shape index (κ3) is 3.16. The van der Waals surface area contributed by atoms with Crippen LogP contribution < -0.4 is 5.32 Å². The number of aromatic nitrogens is 1. The Kier molecular flexibility index (Phi) is 3.77. The minimum absolute atomic E-state index is 0.0912. The maximum atomic E-state index is 13.0. The van der Waals surface area contributed by atoms with Gasteiger partial charge >= 0.3 is 6.18 Å². The third-order valence-electron chi connectivity index (χ3n) is 3.07. The predicted molar refractivity (Wildman–Crippen MR) is 79.0 cm³/mol. The number of alkyl halides is 3. The highest BCUT2D eigenvalue weighted by atomic mass is 32.1. The van der Waals surface area contributed by atoms with Crippen LogP contribution in [0.25, 0.3) is 10.2 Å². The lowest BCUT2D eigenvalue weighted by Crippen LogP contribution is -2.10. The molecule has 2 heterocycles. The number of fused-ring (bicyclic) bond motifs is 1. The van der Waals surface area contributed by atoms with E-state index in [4.69, 9.17) is 0 Å². The van der Waals surface area contributed by atoms with E-state index in [1.54, 1.807) is 0 Å². The molecule has 0 radical (unpaired) electrons. The SMILES string of the molecule is O=C(Nc1ccc(F)cc1)c1cc2c(C(F)(F)F)ccnc2s1. The first-order chi connectivity index (χ1) is 10.8. The minimum atomic E-state index is -4.52. The van der Waals surface area contributed by atoms with Crippen LogP contribution in [0.4, 0.5) is 23.2 Å². The molecule has 23 heavy (non-hydrogen) atoms. The monoisotopic (exact) mass is 340 g/mol. The second kappa shape index (κ2) is 5.62. The van der Waals surface area contributed by atoms with Crippen LogP contribution in [-0.4, -0.2) is 10.9 Å². The molecule has 0 aliphatic carbocycles. The Bertz CT molecular complexity index is 871. The largest absolute Gasteiger partial charge is 0.417 e. The lowest BCUT2D eigenvalue weighted by molar-refractivity contribution is -0.136. The average molecular weight is 340 g/mol. The molecule has 0 spiro atoms. The van der Waals surface area contributed by atoms with Crippen molar-refractivity contribution in [3.63, 3.8) is 0 Å². The average Bonchev–Trinajstić information content (AvgIpc) is 2.92. The van der Waals surface area contributed by atoms with Crippen molar-refractivity contribution >= 4 is 33.1 Å². The molecule has 0 saturated carbocycles. The summed E-state index contributed by atoms with van der Waals surface area (Å²) < 4.78 is 51.7.